The Labute approximate surface area is 151 Å². The Hall–Kier alpha value is -2.00. The lowest BCUT2D eigenvalue weighted by Gasteiger charge is -2.17. The van der Waals surface area contributed by atoms with Crippen LogP contribution in [0.4, 0.5) is 0 Å². The molecule has 2 bridgehead atoms. The van der Waals surface area contributed by atoms with E-state index < -0.39 is 0 Å². The van der Waals surface area contributed by atoms with Gasteiger partial charge in [0.05, 0.1) is 0 Å². The second-order valence-corrected chi connectivity index (χ2v) is 7.06. The van der Waals surface area contributed by atoms with Gasteiger partial charge < -0.3 is 14.9 Å². The van der Waals surface area contributed by atoms with E-state index >= 15 is 0 Å². The van der Waals surface area contributed by atoms with Crippen LogP contribution in [-0.4, -0.2) is 17.3 Å². The Morgan fingerprint density at radius 3 is 2.20 bits per heavy atom. The van der Waals surface area contributed by atoms with Gasteiger partial charge in [-0.15, -0.1) is 0 Å². The van der Waals surface area contributed by atoms with Crippen molar-refractivity contribution in [2.24, 2.45) is 0 Å². The maximum absolute atomic E-state index is 10.4. The summed E-state index contributed by atoms with van der Waals surface area (Å²) >= 11 is 0. The third-order valence-corrected chi connectivity index (χ3v) is 4.76. The zero-order valence-corrected chi connectivity index (χ0v) is 15.8. The molecule has 0 saturated heterocycles. The van der Waals surface area contributed by atoms with E-state index in [4.69, 9.17) is 4.74 Å². The maximum atomic E-state index is 10.4. The van der Waals surface area contributed by atoms with E-state index in [0.29, 0.717) is 12.0 Å². The summed E-state index contributed by atoms with van der Waals surface area (Å²) in [7, 11) is 1.62. The summed E-state index contributed by atoms with van der Waals surface area (Å²) in [6, 6.07) is 3.29. The van der Waals surface area contributed by atoms with Crippen LogP contribution < -0.4 is 0 Å². The van der Waals surface area contributed by atoms with Crippen molar-refractivity contribution in [1.29, 1.82) is 0 Å². The van der Waals surface area contributed by atoms with Gasteiger partial charge in [-0.25, -0.2) is 0 Å². The zero-order chi connectivity index (χ0) is 18.4. The van der Waals surface area contributed by atoms with E-state index in [-0.39, 0.29) is 17.6 Å². The first-order valence-corrected chi connectivity index (χ1v) is 8.96. The number of hydrogen-bond donors (Lipinski definition) is 2. The summed E-state index contributed by atoms with van der Waals surface area (Å²) < 4.78 is 5.55. The Bertz CT molecular complexity index is 695. The van der Waals surface area contributed by atoms with Gasteiger partial charge in [-0.05, 0) is 65.0 Å². The molecule has 3 rings (SSSR count). The minimum absolute atomic E-state index is 0.166. The third-order valence-electron chi connectivity index (χ3n) is 4.76. The highest BCUT2D eigenvalue weighted by atomic mass is 16.5. The average Bonchev–Trinajstić information content (AvgIpc) is 2.55. The van der Waals surface area contributed by atoms with Crippen molar-refractivity contribution in [3.05, 3.63) is 58.2 Å². The summed E-state index contributed by atoms with van der Waals surface area (Å²) in [6.45, 7) is 6.33. The number of rotatable bonds is 1. The van der Waals surface area contributed by atoms with Crippen LogP contribution in [0.25, 0.3) is 0 Å². The minimum Gasteiger partial charge on any atom is -0.508 e. The van der Waals surface area contributed by atoms with Gasteiger partial charge in [0.25, 0.3) is 0 Å². The van der Waals surface area contributed by atoms with Crippen LogP contribution in [0.15, 0.2) is 47.1 Å². The first-order valence-electron chi connectivity index (χ1n) is 8.96. The highest BCUT2D eigenvalue weighted by Crippen LogP contribution is 2.35. The van der Waals surface area contributed by atoms with Crippen LogP contribution in [0.1, 0.15) is 63.7 Å². The maximum Gasteiger partial charge on any atom is 0.122 e. The number of methoxy groups -OCH3 is 1. The number of hydrogen-bond acceptors (Lipinski definition) is 3. The molecule has 25 heavy (non-hydrogen) atoms. The molecular formula is C22H30O3. The number of allylic oxidation sites excluding steroid dienone is 5. The molecule has 2 aliphatic carbocycles. The van der Waals surface area contributed by atoms with Gasteiger partial charge >= 0.3 is 0 Å². The highest BCUT2D eigenvalue weighted by molar-refractivity contribution is 5.48. The Morgan fingerprint density at radius 1 is 0.880 bits per heavy atom. The van der Waals surface area contributed by atoms with E-state index in [9.17, 15) is 10.2 Å². The summed E-state index contributed by atoms with van der Waals surface area (Å²) in [6.07, 6.45) is 10.8. The van der Waals surface area contributed by atoms with E-state index in [0.717, 1.165) is 31.2 Å². The first-order chi connectivity index (χ1) is 11.9. The number of phenols is 2. The van der Waals surface area contributed by atoms with Crippen molar-refractivity contribution in [1.82, 2.24) is 0 Å². The van der Waals surface area contributed by atoms with Crippen LogP contribution in [0.5, 0.6) is 11.5 Å². The standard InChI is InChI=1S/C22H30O3/c1-15-7-5-9-16(2)11-18-13-21(24)19(14-20(18)23)22(25-4)12-17(3)10-6-8-15/h8-9,12-14,22-24H,5-7,10-11H2,1-4H3/b15-8+,16-9-,17-12+/t22-/m1/s1. The average molecular weight is 342 g/mol. The van der Waals surface area contributed by atoms with E-state index in [1.165, 1.54) is 16.7 Å². The summed E-state index contributed by atoms with van der Waals surface area (Å²) in [5.74, 6) is 0.371. The molecule has 2 aliphatic rings. The fourth-order valence-corrected chi connectivity index (χ4v) is 3.20. The van der Waals surface area contributed by atoms with Crippen molar-refractivity contribution in [3.63, 3.8) is 0 Å². The van der Waals surface area contributed by atoms with Gasteiger partial charge in [-0.2, -0.15) is 0 Å². The molecule has 0 amide bonds. The molecular weight excluding hydrogens is 312 g/mol. The van der Waals surface area contributed by atoms with Crippen LogP contribution in [0.2, 0.25) is 0 Å². The van der Waals surface area contributed by atoms with Gasteiger partial charge in [0.2, 0.25) is 0 Å². The van der Waals surface area contributed by atoms with Crippen molar-refractivity contribution in [2.75, 3.05) is 7.11 Å². The summed E-state index contributed by atoms with van der Waals surface area (Å²) in [5, 5.41) is 20.8. The molecule has 3 nitrogen and oxygen atoms in total. The summed E-state index contributed by atoms with van der Waals surface area (Å²) in [5.41, 5.74) is 5.16. The molecule has 3 heteroatoms. The van der Waals surface area contributed by atoms with Crippen LogP contribution in [-0.2, 0) is 11.2 Å². The lowest BCUT2D eigenvalue weighted by atomic mass is 9.97. The molecule has 1 atom stereocenters. The number of ether oxygens (including phenoxy) is 1. The zero-order valence-electron chi connectivity index (χ0n) is 15.8. The van der Waals surface area contributed by atoms with Gasteiger partial charge in [0, 0.05) is 18.2 Å². The van der Waals surface area contributed by atoms with Crippen LogP contribution >= 0.6 is 0 Å². The fraction of sp³-hybridized carbons (Fsp3) is 0.455. The molecule has 0 spiro atoms. The molecule has 0 unspecified atom stereocenters. The normalized spacial score (nSPS) is 26.2. The second-order valence-electron chi connectivity index (χ2n) is 7.06. The van der Waals surface area contributed by atoms with E-state index in [1.807, 2.05) is 6.08 Å². The smallest absolute Gasteiger partial charge is 0.122 e. The third kappa shape index (κ3) is 5.50. The Balaban J connectivity index is 2.44. The van der Waals surface area contributed by atoms with Crippen LogP contribution in [0, 0.1) is 0 Å². The molecule has 0 fully saturated rings. The first kappa shape index (κ1) is 19.3. The topological polar surface area (TPSA) is 49.7 Å². The number of benzene rings is 1. The molecule has 1 aromatic rings. The monoisotopic (exact) mass is 342 g/mol. The molecule has 0 saturated carbocycles. The van der Waals surface area contributed by atoms with Crippen molar-refractivity contribution in [2.45, 2.75) is 59.0 Å². The fourth-order valence-electron chi connectivity index (χ4n) is 3.20. The molecule has 136 valence electrons. The van der Waals surface area contributed by atoms with Crippen molar-refractivity contribution < 1.29 is 14.9 Å². The van der Waals surface area contributed by atoms with Crippen molar-refractivity contribution >= 4 is 0 Å². The quantitative estimate of drug-likeness (QED) is 0.505. The van der Waals surface area contributed by atoms with Gasteiger partial charge in [0.15, 0.2) is 0 Å². The summed E-state index contributed by atoms with van der Waals surface area (Å²) in [4.78, 5) is 0. The van der Waals surface area contributed by atoms with E-state index in [2.05, 4.69) is 32.9 Å². The number of fused-ring (bicyclic) bond motifs is 10. The second kappa shape index (κ2) is 8.91. The molecule has 2 N–H and O–H groups in total. The molecule has 1 aromatic carbocycles. The number of phenolic OH excluding ortho intramolecular Hbond substituents is 2. The molecule has 0 aromatic heterocycles. The lowest BCUT2D eigenvalue weighted by Crippen LogP contribution is -2.01. The Kier molecular flexibility index (Phi) is 6.89. The SMILES string of the molecule is CO[C@@H]1/C=C(\C)CC/C=C(\C)CC/C=C(/C)Cc2cc(O)c1cc2O. The molecule has 0 aliphatic heterocycles. The van der Waals surface area contributed by atoms with Gasteiger partial charge in [-0.1, -0.05) is 34.9 Å². The van der Waals surface area contributed by atoms with Gasteiger partial charge in [0.1, 0.15) is 17.6 Å². The predicted octanol–water partition coefficient (Wildman–Crippen LogP) is 5.74. The largest absolute Gasteiger partial charge is 0.508 e. The number of aromatic hydroxyl groups is 2. The van der Waals surface area contributed by atoms with Crippen LogP contribution in [0.3, 0.4) is 0 Å². The Morgan fingerprint density at radius 2 is 1.52 bits per heavy atom. The van der Waals surface area contributed by atoms with Crippen molar-refractivity contribution in [3.8, 4) is 11.5 Å². The molecule has 0 heterocycles. The highest BCUT2D eigenvalue weighted by Gasteiger charge is 2.16. The van der Waals surface area contributed by atoms with Gasteiger partial charge in [-0.3, -0.25) is 0 Å². The minimum atomic E-state index is -0.366. The molecule has 0 radical (unpaired) electrons. The van der Waals surface area contributed by atoms with E-state index in [1.54, 1.807) is 19.2 Å². The predicted molar refractivity (Wildman–Crippen MR) is 103 cm³/mol. The lowest BCUT2D eigenvalue weighted by molar-refractivity contribution is 0.139.